The molecule has 1 fully saturated rings. The number of carbonyl (C=O) groups is 1. The second kappa shape index (κ2) is 9.69. The number of sulfone groups is 1. The molecule has 6 nitrogen and oxygen atoms in total. The summed E-state index contributed by atoms with van der Waals surface area (Å²) in [7, 11) is -1.57. The minimum atomic E-state index is -3.18. The van der Waals surface area contributed by atoms with Crippen molar-refractivity contribution < 1.29 is 17.9 Å². The summed E-state index contributed by atoms with van der Waals surface area (Å²) in [6.45, 7) is 5.29. The number of amides is 1. The molecule has 1 aliphatic heterocycles. The van der Waals surface area contributed by atoms with Crippen molar-refractivity contribution in [3.63, 3.8) is 0 Å². The summed E-state index contributed by atoms with van der Waals surface area (Å²) < 4.78 is 29.5. The van der Waals surface area contributed by atoms with Crippen molar-refractivity contribution in [2.24, 2.45) is 5.41 Å². The van der Waals surface area contributed by atoms with E-state index in [2.05, 4.69) is 10.6 Å². The maximum Gasteiger partial charge on any atom is 0.233 e. The lowest BCUT2D eigenvalue weighted by molar-refractivity contribution is -0.130. The van der Waals surface area contributed by atoms with Crippen LogP contribution in [0.2, 0.25) is 0 Å². The fourth-order valence-corrected chi connectivity index (χ4v) is 4.00. The molecule has 0 bridgehead atoms. The van der Waals surface area contributed by atoms with Crippen molar-refractivity contribution in [3.8, 4) is 0 Å². The van der Waals surface area contributed by atoms with Gasteiger partial charge in [0.15, 0.2) is 9.84 Å². The molecule has 0 spiro atoms. The first kappa shape index (κ1) is 22.9. The first-order valence-corrected chi connectivity index (χ1v) is 10.3. The number of hydrogen-bond donors (Lipinski definition) is 2. The van der Waals surface area contributed by atoms with E-state index in [0.29, 0.717) is 30.7 Å². The molecule has 148 valence electrons. The van der Waals surface area contributed by atoms with Gasteiger partial charge in [0.25, 0.3) is 0 Å². The second-order valence-corrected chi connectivity index (χ2v) is 9.53. The Bertz CT molecular complexity index is 695. The van der Waals surface area contributed by atoms with Crippen LogP contribution in [-0.4, -0.2) is 46.4 Å². The van der Waals surface area contributed by atoms with Gasteiger partial charge in [0, 0.05) is 12.8 Å². The average Bonchev–Trinajstić information content (AvgIpc) is 2.55. The van der Waals surface area contributed by atoms with Gasteiger partial charge in [-0.15, -0.1) is 12.4 Å². The Morgan fingerprint density at radius 2 is 1.96 bits per heavy atom. The molecule has 0 aliphatic carbocycles. The highest BCUT2D eigenvalue weighted by atomic mass is 35.5. The van der Waals surface area contributed by atoms with Crippen molar-refractivity contribution in [2.45, 2.75) is 37.7 Å². The molecular weight excluding hydrogens is 376 g/mol. The van der Waals surface area contributed by atoms with Crippen LogP contribution in [0.4, 0.5) is 5.69 Å². The summed E-state index contributed by atoms with van der Waals surface area (Å²) in [6, 6.07) is 7.06. The summed E-state index contributed by atoms with van der Waals surface area (Å²) >= 11 is 0. The lowest BCUT2D eigenvalue weighted by atomic mass is 9.78. The highest BCUT2D eigenvalue weighted by Crippen LogP contribution is 2.31. The summed E-state index contributed by atoms with van der Waals surface area (Å²) in [5, 5.41) is 5.79. The van der Waals surface area contributed by atoms with E-state index in [1.165, 1.54) is 0 Å². The van der Waals surface area contributed by atoms with Gasteiger partial charge in [-0.25, -0.2) is 8.42 Å². The van der Waals surface area contributed by atoms with E-state index in [9.17, 15) is 13.2 Å². The third kappa shape index (κ3) is 5.67. The molecule has 1 aromatic rings. The predicted molar refractivity (Wildman–Crippen MR) is 106 cm³/mol. The van der Waals surface area contributed by atoms with E-state index < -0.39 is 20.5 Å². The van der Waals surface area contributed by atoms with E-state index >= 15 is 0 Å². The Morgan fingerprint density at radius 3 is 2.54 bits per heavy atom. The third-order valence-electron chi connectivity index (χ3n) is 4.73. The van der Waals surface area contributed by atoms with Crippen LogP contribution in [0.5, 0.6) is 0 Å². The van der Waals surface area contributed by atoms with Crippen molar-refractivity contribution in [2.75, 3.05) is 32.1 Å². The second-order valence-electron chi connectivity index (χ2n) is 6.97. The predicted octanol–water partition coefficient (Wildman–Crippen LogP) is 2.39. The molecule has 2 N–H and O–H groups in total. The highest BCUT2D eigenvalue weighted by molar-refractivity contribution is 7.91. The third-order valence-corrected chi connectivity index (χ3v) is 6.91. The van der Waals surface area contributed by atoms with E-state index in [0.717, 1.165) is 13.1 Å². The van der Waals surface area contributed by atoms with Crippen molar-refractivity contribution >= 4 is 33.8 Å². The molecule has 8 heteroatoms. The van der Waals surface area contributed by atoms with Crippen LogP contribution in [0.15, 0.2) is 24.3 Å². The van der Waals surface area contributed by atoms with Crippen LogP contribution < -0.4 is 10.6 Å². The topological polar surface area (TPSA) is 84.5 Å². The molecule has 1 aromatic carbocycles. The number of piperidine rings is 1. The zero-order valence-electron chi connectivity index (χ0n) is 15.6. The van der Waals surface area contributed by atoms with Crippen LogP contribution in [0, 0.1) is 5.41 Å². The Kier molecular flexibility index (Phi) is 8.53. The number of nitrogens with one attached hydrogen (secondary N) is 2. The minimum Gasteiger partial charge on any atom is -0.384 e. The first-order chi connectivity index (χ1) is 11.8. The van der Waals surface area contributed by atoms with Gasteiger partial charge in [0.1, 0.15) is 0 Å². The maximum absolute atomic E-state index is 12.8. The number of ether oxygens (including phenoxy) is 1. The van der Waals surface area contributed by atoms with Crippen LogP contribution in [0.25, 0.3) is 0 Å². The van der Waals surface area contributed by atoms with Crippen LogP contribution in [-0.2, 0) is 25.1 Å². The molecule has 0 atom stereocenters. The molecule has 0 unspecified atom stereocenters. The quantitative estimate of drug-likeness (QED) is 0.728. The normalized spacial score (nSPS) is 16.8. The van der Waals surface area contributed by atoms with Gasteiger partial charge in [-0.05, 0) is 57.5 Å². The number of carbonyl (C=O) groups excluding carboxylic acids is 1. The van der Waals surface area contributed by atoms with E-state index in [1.54, 1.807) is 45.2 Å². The number of benzene rings is 1. The molecular formula is C18H29ClN2O4S. The Morgan fingerprint density at radius 1 is 1.31 bits per heavy atom. The molecule has 1 aliphatic rings. The zero-order chi connectivity index (χ0) is 18.5. The van der Waals surface area contributed by atoms with E-state index in [4.69, 9.17) is 4.74 Å². The molecule has 0 saturated carbocycles. The molecule has 1 saturated heterocycles. The summed E-state index contributed by atoms with van der Waals surface area (Å²) in [6.07, 6.45) is 1.43. The molecule has 2 rings (SSSR count). The average molecular weight is 405 g/mol. The smallest absolute Gasteiger partial charge is 0.233 e. The van der Waals surface area contributed by atoms with E-state index in [1.807, 2.05) is 0 Å². The largest absolute Gasteiger partial charge is 0.384 e. The number of halogens is 1. The summed E-state index contributed by atoms with van der Waals surface area (Å²) in [4.78, 5) is 12.8. The highest BCUT2D eigenvalue weighted by Gasteiger charge is 2.39. The van der Waals surface area contributed by atoms with Crippen LogP contribution in [0.1, 0.15) is 32.3 Å². The van der Waals surface area contributed by atoms with Crippen molar-refractivity contribution in [1.29, 1.82) is 0 Å². The van der Waals surface area contributed by atoms with Crippen LogP contribution in [0.3, 0.4) is 0 Å². The number of hydrogen-bond acceptors (Lipinski definition) is 5. The standard InChI is InChI=1S/C18H28N2O4S.ClH/c1-14(2)25(22,23)12-15-5-4-6-16(11-15)20-17(21)18(13-24-3)7-9-19-10-8-18;/h4-6,11,14,19H,7-10,12-13H2,1-3H3,(H,20,21);1H. The van der Waals surface area contributed by atoms with Gasteiger partial charge >= 0.3 is 0 Å². The molecule has 26 heavy (non-hydrogen) atoms. The Balaban J connectivity index is 0.00000338. The zero-order valence-corrected chi connectivity index (χ0v) is 17.2. The number of methoxy groups -OCH3 is 1. The van der Waals surface area contributed by atoms with Gasteiger partial charge in [-0.2, -0.15) is 0 Å². The number of anilines is 1. The monoisotopic (exact) mass is 404 g/mol. The van der Waals surface area contributed by atoms with Gasteiger partial charge in [-0.1, -0.05) is 12.1 Å². The fourth-order valence-electron chi connectivity index (χ4n) is 3.02. The molecule has 0 aromatic heterocycles. The van der Waals surface area contributed by atoms with Crippen molar-refractivity contribution in [1.82, 2.24) is 5.32 Å². The molecule has 0 radical (unpaired) electrons. The lowest BCUT2D eigenvalue weighted by Crippen LogP contribution is -2.47. The van der Waals surface area contributed by atoms with Gasteiger partial charge in [-0.3, -0.25) is 4.79 Å². The maximum atomic E-state index is 12.8. The fraction of sp³-hybridized carbons (Fsp3) is 0.611. The van der Waals surface area contributed by atoms with Gasteiger partial charge in [0.2, 0.25) is 5.91 Å². The summed E-state index contributed by atoms with van der Waals surface area (Å²) in [5.74, 6) is -0.0960. The lowest BCUT2D eigenvalue weighted by Gasteiger charge is -2.35. The number of rotatable bonds is 7. The Hall–Kier alpha value is -1.15. The SMILES string of the molecule is COCC1(C(=O)Nc2cccc(CS(=O)(=O)C(C)C)c2)CCNCC1.Cl. The molecule has 1 heterocycles. The van der Waals surface area contributed by atoms with Crippen LogP contribution >= 0.6 is 12.4 Å². The molecule has 1 amide bonds. The first-order valence-electron chi connectivity index (χ1n) is 8.61. The van der Waals surface area contributed by atoms with Crippen molar-refractivity contribution in [3.05, 3.63) is 29.8 Å². The minimum absolute atomic E-state index is 0. The van der Waals surface area contributed by atoms with Gasteiger partial charge in [0.05, 0.1) is 23.0 Å². The Labute approximate surface area is 162 Å². The van der Waals surface area contributed by atoms with E-state index in [-0.39, 0.29) is 24.1 Å². The summed E-state index contributed by atoms with van der Waals surface area (Å²) in [5.41, 5.74) is 0.757. The van der Waals surface area contributed by atoms with Gasteiger partial charge < -0.3 is 15.4 Å².